The normalized spacial score (nSPS) is 12.9. The van der Waals surface area contributed by atoms with Gasteiger partial charge in [-0.15, -0.1) is 0 Å². The number of carbonyl (C=O) groups excluding carboxylic acids is 3. The number of hydrogen-bond donors (Lipinski definition) is 0. The minimum absolute atomic E-state index is 0.0899. The Kier molecular flexibility index (Phi) is 52.4. The zero-order chi connectivity index (χ0) is 49.3. The zero-order valence-corrected chi connectivity index (χ0v) is 44.1. The third-order valence-corrected chi connectivity index (χ3v) is 11.5. The van der Waals surface area contributed by atoms with Crippen molar-refractivity contribution in [3.05, 3.63) is 109 Å². The summed E-state index contributed by atoms with van der Waals surface area (Å²) in [4.78, 5) is 38.0. The lowest BCUT2D eigenvalue weighted by Crippen LogP contribution is -2.30. The highest BCUT2D eigenvalue weighted by atomic mass is 16.6. The Hall–Kier alpha value is -3.93. The Morgan fingerprint density at radius 1 is 0.309 bits per heavy atom. The summed E-state index contributed by atoms with van der Waals surface area (Å²) < 4.78 is 16.8. The molecule has 0 aromatic carbocycles. The first-order valence-corrected chi connectivity index (χ1v) is 27.9. The van der Waals surface area contributed by atoms with Crippen LogP contribution < -0.4 is 0 Å². The van der Waals surface area contributed by atoms with Gasteiger partial charge in [0.1, 0.15) is 13.2 Å². The third kappa shape index (κ3) is 53.0. The first kappa shape index (κ1) is 64.1. The predicted molar refractivity (Wildman–Crippen MR) is 293 cm³/mol. The highest BCUT2D eigenvalue weighted by Gasteiger charge is 2.19. The second-order valence-electron chi connectivity index (χ2n) is 18.1. The van der Waals surface area contributed by atoms with E-state index in [9.17, 15) is 14.4 Å². The molecule has 0 saturated carbocycles. The van der Waals surface area contributed by atoms with Crippen molar-refractivity contribution >= 4 is 17.9 Å². The molecule has 0 amide bonds. The molecule has 0 aliphatic carbocycles. The van der Waals surface area contributed by atoms with Crippen LogP contribution in [-0.4, -0.2) is 37.2 Å². The van der Waals surface area contributed by atoms with Crippen LogP contribution in [0.2, 0.25) is 0 Å². The molecule has 0 fully saturated rings. The van der Waals surface area contributed by atoms with Crippen molar-refractivity contribution in [2.45, 2.75) is 252 Å². The van der Waals surface area contributed by atoms with Crippen LogP contribution in [0.15, 0.2) is 109 Å². The Morgan fingerprint density at radius 2 is 0.574 bits per heavy atom. The van der Waals surface area contributed by atoms with E-state index < -0.39 is 6.10 Å². The Balaban J connectivity index is 4.35. The van der Waals surface area contributed by atoms with E-state index in [2.05, 4.69) is 130 Å². The van der Waals surface area contributed by atoms with Crippen molar-refractivity contribution in [1.82, 2.24) is 0 Å². The summed E-state index contributed by atoms with van der Waals surface area (Å²) >= 11 is 0. The van der Waals surface area contributed by atoms with Crippen LogP contribution >= 0.6 is 0 Å². The van der Waals surface area contributed by atoms with Crippen molar-refractivity contribution in [3.8, 4) is 0 Å². The summed E-state index contributed by atoms with van der Waals surface area (Å²) in [6.07, 6.45) is 75.1. The van der Waals surface area contributed by atoms with Gasteiger partial charge in [-0.2, -0.15) is 0 Å². The van der Waals surface area contributed by atoms with Gasteiger partial charge in [-0.25, -0.2) is 0 Å². The number of esters is 3. The van der Waals surface area contributed by atoms with Crippen LogP contribution in [0, 0.1) is 0 Å². The largest absolute Gasteiger partial charge is 0.462 e. The number of hydrogen-bond acceptors (Lipinski definition) is 6. The molecular formula is C62H102O6. The first-order valence-electron chi connectivity index (χ1n) is 27.9. The molecule has 0 aliphatic rings. The van der Waals surface area contributed by atoms with E-state index in [1.54, 1.807) is 0 Å². The molecule has 0 spiro atoms. The van der Waals surface area contributed by atoms with Crippen LogP contribution in [0.4, 0.5) is 0 Å². The van der Waals surface area contributed by atoms with E-state index in [0.29, 0.717) is 19.3 Å². The lowest BCUT2D eigenvalue weighted by molar-refractivity contribution is -0.167. The minimum Gasteiger partial charge on any atom is -0.462 e. The Morgan fingerprint density at radius 3 is 0.897 bits per heavy atom. The summed E-state index contributed by atoms with van der Waals surface area (Å²) in [6.45, 7) is 6.37. The molecule has 1 unspecified atom stereocenters. The number of allylic oxidation sites excluding steroid dienone is 18. The maximum atomic E-state index is 12.8. The van der Waals surface area contributed by atoms with Gasteiger partial charge in [-0.3, -0.25) is 14.4 Å². The van der Waals surface area contributed by atoms with Gasteiger partial charge in [0.25, 0.3) is 0 Å². The van der Waals surface area contributed by atoms with E-state index in [4.69, 9.17) is 14.2 Å². The van der Waals surface area contributed by atoms with Gasteiger partial charge in [-0.05, 0) is 103 Å². The van der Waals surface area contributed by atoms with Crippen LogP contribution in [0.3, 0.4) is 0 Å². The molecule has 0 saturated heterocycles. The number of ether oxygens (including phenoxy) is 3. The fraction of sp³-hybridized carbons (Fsp3) is 0.661. The number of carbonyl (C=O) groups is 3. The van der Waals surface area contributed by atoms with Crippen molar-refractivity contribution in [2.24, 2.45) is 0 Å². The Labute approximate surface area is 419 Å². The van der Waals surface area contributed by atoms with Gasteiger partial charge >= 0.3 is 17.9 Å². The average molecular weight is 943 g/mol. The highest BCUT2D eigenvalue weighted by Crippen LogP contribution is 2.14. The lowest BCUT2D eigenvalue weighted by atomic mass is 10.1. The molecule has 0 heterocycles. The monoisotopic (exact) mass is 943 g/mol. The van der Waals surface area contributed by atoms with Gasteiger partial charge in [0.15, 0.2) is 6.10 Å². The number of unbranched alkanes of at least 4 members (excludes halogenated alkanes) is 20. The summed E-state index contributed by atoms with van der Waals surface area (Å²) in [5, 5.41) is 0. The van der Waals surface area contributed by atoms with Gasteiger partial charge in [0.05, 0.1) is 0 Å². The van der Waals surface area contributed by atoms with E-state index >= 15 is 0 Å². The van der Waals surface area contributed by atoms with E-state index in [1.807, 2.05) is 0 Å². The second-order valence-corrected chi connectivity index (χ2v) is 18.1. The molecule has 1 atom stereocenters. The smallest absolute Gasteiger partial charge is 0.306 e. The molecule has 0 aromatic rings. The van der Waals surface area contributed by atoms with Crippen LogP contribution in [0.1, 0.15) is 245 Å². The van der Waals surface area contributed by atoms with Crippen LogP contribution in [-0.2, 0) is 28.6 Å². The third-order valence-electron chi connectivity index (χ3n) is 11.5. The quantitative estimate of drug-likeness (QED) is 0.0262. The molecule has 0 bridgehead atoms. The van der Waals surface area contributed by atoms with Gasteiger partial charge < -0.3 is 14.2 Å². The van der Waals surface area contributed by atoms with Crippen molar-refractivity contribution in [2.75, 3.05) is 13.2 Å². The lowest BCUT2D eigenvalue weighted by Gasteiger charge is -2.18. The molecule has 0 aliphatic heterocycles. The summed E-state index contributed by atoms with van der Waals surface area (Å²) in [7, 11) is 0. The predicted octanol–water partition coefficient (Wildman–Crippen LogP) is 18.7. The van der Waals surface area contributed by atoms with Crippen LogP contribution in [0.5, 0.6) is 0 Å². The minimum atomic E-state index is -0.793. The van der Waals surface area contributed by atoms with Crippen molar-refractivity contribution in [3.63, 3.8) is 0 Å². The molecule has 68 heavy (non-hydrogen) atoms. The molecular weight excluding hydrogens is 841 g/mol. The average Bonchev–Trinajstić information content (AvgIpc) is 3.34. The molecule has 386 valence electrons. The standard InChI is InChI=1S/C62H102O6/c1-4-7-10-13-16-19-22-24-26-27-28-29-30-31-32-33-34-35-37-38-40-43-46-49-52-55-61(64)67-58-59(57-66-60(63)54-51-48-45-42-21-18-15-12-9-6-3)68-62(65)56-53-50-47-44-41-39-36-25-23-20-17-14-11-8-5-2/h7-8,10-11,16-17,19-20,24-26,28-29,31-32,34-36,59H,4-6,9,12-15,18,21-23,27,30,33,37-58H2,1-3H3/b10-7-,11-8-,19-16-,20-17-,26-24-,29-28-,32-31-,35-34-,36-25-. The maximum Gasteiger partial charge on any atom is 0.306 e. The maximum absolute atomic E-state index is 12.8. The van der Waals surface area contributed by atoms with Crippen molar-refractivity contribution < 1.29 is 28.6 Å². The molecule has 0 radical (unpaired) electrons. The zero-order valence-electron chi connectivity index (χ0n) is 44.1. The fourth-order valence-electron chi connectivity index (χ4n) is 7.40. The molecule has 6 heteroatoms. The van der Waals surface area contributed by atoms with Crippen molar-refractivity contribution in [1.29, 1.82) is 0 Å². The summed E-state index contributed by atoms with van der Waals surface area (Å²) in [5.41, 5.74) is 0. The summed E-state index contributed by atoms with van der Waals surface area (Å²) in [5.74, 6) is -0.925. The molecule has 0 N–H and O–H groups in total. The summed E-state index contributed by atoms with van der Waals surface area (Å²) in [6, 6.07) is 0. The second kappa shape index (κ2) is 55.7. The molecule has 0 rings (SSSR count). The van der Waals surface area contributed by atoms with Gasteiger partial charge in [0.2, 0.25) is 0 Å². The highest BCUT2D eigenvalue weighted by molar-refractivity contribution is 5.71. The number of rotatable bonds is 49. The molecule has 0 aromatic heterocycles. The fourth-order valence-corrected chi connectivity index (χ4v) is 7.40. The SMILES string of the molecule is CC/C=C\C/C=C\C/C=C\C/C=C\C/C=C\C/C=C\CCCCCCCCC(=O)OCC(COC(=O)CCCCCCCCCCCC)OC(=O)CCCCCCC/C=C\C/C=C\C/C=C\CC. The van der Waals surface area contributed by atoms with E-state index in [1.165, 1.54) is 57.8 Å². The van der Waals surface area contributed by atoms with E-state index in [-0.39, 0.29) is 31.1 Å². The van der Waals surface area contributed by atoms with E-state index in [0.717, 1.165) is 148 Å². The topological polar surface area (TPSA) is 78.9 Å². The first-order chi connectivity index (χ1) is 33.5. The van der Waals surface area contributed by atoms with Gasteiger partial charge in [-0.1, -0.05) is 233 Å². The van der Waals surface area contributed by atoms with Gasteiger partial charge in [0, 0.05) is 19.3 Å². The Bertz CT molecular complexity index is 1410. The van der Waals surface area contributed by atoms with Crippen LogP contribution in [0.25, 0.3) is 0 Å². The molecule has 6 nitrogen and oxygen atoms in total.